The van der Waals surface area contributed by atoms with Gasteiger partial charge in [0.2, 0.25) is 0 Å². The highest BCUT2D eigenvalue weighted by molar-refractivity contribution is 9.11. The Morgan fingerprint density at radius 2 is 1.81 bits per heavy atom. The van der Waals surface area contributed by atoms with E-state index in [2.05, 4.69) is 46.7 Å². The molecule has 0 aliphatic carbocycles. The van der Waals surface area contributed by atoms with Gasteiger partial charge in [0.25, 0.3) is 0 Å². The molecule has 0 saturated heterocycles. The summed E-state index contributed by atoms with van der Waals surface area (Å²) in [7, 11) is 2.20. The number of halogens is 4. The lowest BCUT2D eigenvalue weighted by molar-refractivity contribution is -0.138. The number of hydrogen-bond donors (Lipinski definition) is 1. The Kier molecular flexibility index (Phi) is 6.28. The van der Waals surface area contributed by atoms with Crippen molar-refractivity contribution in [1.29, 1.82) is 0 Å². The van der Waals surface area contributed by atoms with Crippen LogP contribution in [0, 0.1) is 11.6 Å². The second-order valence-electron chi connectivity index (χ2n) is 3.55. The molecule has 0 aromatic heterocycles. The Morgan fingerprint density at radius 1 is 1.19 bits per heavy atom. The van der Waals surface area contributed by atoms with Gasteiger partial charge in [0.15, 0.2) is 5.82 Å². The Hall–Kier alpha value is -1.48. The lowest BCUT2D eigenvalue weighted by atomic mass is 10.2. The van der Waals surface area contributed by atoms with Crippen molar-refractivity contribution < 1.29 is 27.8 Å². The van der Waals surface area contributed by atoms with Gasteiger partial charge < -0.3 is 14.8 Å². The molecule has 1 aromatic rings. The van der Waals surface area contributed by atoms with Gasteiger partial charge in [-0.3, -0.25) is 0 Å². The first-order valence-electron chi connectivity index (χ1n) is 5.29. The highest BCUT2D eigenvalue weighted by atomic mass is 79.9. The summed E-state index contributed by atoms with van der Waals surface area (Å²) in [4.78, 5) is 22.7. The van der Waals surface area contributed by atoms with Crippen LogP contribution < -0.4 is 5.32 Å². The SMILES string of the molecule is COC(=O)/C=C(/Nc1cc(F)c(Br)c(F)c1Br)C(=O)OC. The van der Waals surface area contributed by atoms with Gasteiger partial charge in [-0.25, -0.2) is 18.4 Å². The maximum atomic E-state index is 13.7. The normalized spacial score (nSPS) is 11.0. The smallest absolute Gasteiger partial charge is 0.354 e. The summed E-state index contributed by atoms with van der Waals surface area (Å²) in [5.74, 6) is -3.53. The topological polar surface area (TPSA) is 64.6 Å². The standard InChI is InChI=1S/C12H9Br2F2NO4/c1-20-8(18)4-7(12(19)21-2)17-6-3-5(15)9(13)11(16)10(6)14/h3-4,17H,1-2H3/b7-4+. The second-order valence-corrected chi connectivity index (χ2v) is 5.13. The minimum absolute atomic E-state index is 0.103. The van der Waals surface area contributed by atoms with E-state index >= 15 is 0 Å². The van der Waals surface area contributed by atoms with Crippen LogP contribution >= 0.6 is 31.9 Å². The summed E-state index contributed by atoms with van der Waals surface area (Å²) >= 11 is 5.65. The number of carbonyl (C=O) groups excluding carboxylic acids is 2. The Balaban J connectivity index is 3.25. The van der Waals surface area contributed by atoms with E-state index in [1.807, 2.05) is 0 Å². The fourth-order valence-electron chi connectivity index (χ4n) is 1.24. The van der Waals surface area contributed by atoms with Gasteiger partial charge >= 0.3 is 11.9 Å². The van der Waals surface area contributed by atoms with Crippen LogP contribution in [0.2, 0.25) is 0 Å². The molecule has 0 spiro atoms. The first kappa shape index (κ1) is 17.6. The van der Waals surface area contributed by atoms with E-state index in [0.29, 0.717) is 0 Å². The summed E-state index contributed by atoms with van der Waals surface area (Å²) in [6.45, 7) is 0. The lowest BCUT2D eigenvalue weighted by Crippen LogP contribution is -2.16. The zero-order valence-electron chi connectivity index (χ0n) is 10.8. The Labute approximate surface area is 135 Å². The third-order valence-electron chi connectivity index (χ3n) is 2.24. The molecule has 0 atom stereocenters. The van der Waals surface area contributed by atoms with Gasteiger partial charge in [0.1, 0.15) is 11.5 Å². The fourth-order valence-corrected chi connectivity index (χ4v) is 2.23. The Bertz CT molecular complexity index is 620. The van der Waals surface area contributed by atoms with Crippen LogP contribution in [0.3, 0.4) is 0 Å². The number of methoxy groups -OCH3 is 2. The molecule has 0 saturated carbocycles. The van der Waals surface area contributed by atoms with E-state index in [1.54, 1.807) is 0 Å². The van der Waals surface area contributed by atoms with Gasteiger partial charge in [-0.1, -0.05) is 0 Å². The molecule has 0 aliphatic heterocycles. The summed E-state index contributed by atoms with van der Waals surface area (Å²) in [6.07, 6.45) is 0.802. The van der Waals surface area contributed by atoms with E-state index < -0.39 is 23.6 Å². The summed E-state index contributed by atoms with van der Waals surface area (Å²) in [5, 5.41) is 2.41. The minimum Gasteiger partial charge on any atom is -0.466 e. The van der Waals surface area contributed by atoms with E-state index in [4.69, 9.17) is 0 Å². The van der Waals surface area contributed by atoms with Gasteiger partial charge in [-0.2, -0.15) is 0 Å². The molecule has 21 heavy (non-hydrogen) atoms. The molecule has 0 radical (unpaired) electrons. The highest BCUT2D eigenvalue weighted by Crippen LogP contribution is 2.33. The number of nitrogens with one attached hydrogen (secondary N) is 1. The average Bonchev–Trinajstić information content (AvgIpc) is 2.48. The van der Waals surface area contributed by atoms with Crippen molar-refractivity contribution in [2.75, 3.05) is 19.5 Å². The average molecular weight is 429 g/mol. The van der Waals surface area contributed by atoms with Crippen LogP contribution in [0.15, 0.2) is 26.8 Å². The van der Waals surface area contributed by atoms with Crippen molar-refractivity contribution >= 4 is 49.5 Å². The number of benzene rings is 1. The second kappa shape index (κ2) is 7.51. The minimum atomic E-state index is -0.906. The van der Waals surface area contributed by atoms with E-state index in [0.717, 1.165) is 26.4 Å². The summed E-state index contributed by atoms with van der Waals surface area (Å²) < 4.78 is 35.6. The lowest BCUT2D eigenvalue weighted by Gasteiger charge is -2.12. The molecule has 0 fully saturated rings. The van der Waals surface area contributed by atoms with Crippen LogP contribution in [0.25, 0.3) is 0 Å². The number of esters is 2. The zero-order valence-corrected chi connectivity index (χ0v) is 14.0. The largest absolute Gasteiger partial charge is 0.466 e. The molecule has 5 nitrogen and oxygen atoms in total. The highest BCUT2D eigenvalue weighted by Gasteiger charge is 2.19. The van der Waals surface area contributed by atoms with E-state index in [9.17, 15) is 18.4 Å². The third-order valence-corrected chi connectivity index (χ3v) is 3.74. The number of ether oxygens (including phenoxy) is 2. The number of anilines is 1. The van der Waals surface area contributed by atoms with Crippen LogP contribution in [-0.4, -0.2) is 26.2 Å². The molecule has 9 heteroatoms. The van der Waals surface area contributed by atoms with Crippen molar-refractivity contribution in [3.8, 4) is 0 Å². The van der Waals surface area contributed by atoms with Crippen molar-refractivity contribution in [3.05, 3.63) is 38.4 Å². The van der Waals surface area contributed by atoms with Crippen LogP contribution in [0.4, 0.5) is 14.5 Å². The van der Waals surface area contributed by atoms with Crippen molar-refractivity contribution in [2.24, 2.45) is 0 Å². The van der Waals surface area contributed by atoms with Crippen LogP contribution in [-0.2, 0) is 19.1 Å². The number of carbonyl (C=O) groups is 2. The molecule has 0 heterocycles. The fraction of sp³-hybridized carbons (Fsp3) is 0.167. The van der Waals surface area contributed by atoms with Gasteiger partial charge in [-0.15, -0.1) is 0 Å². The zero-order chi connectivity index (χ0) is 16.2. The van der Waals surface area contributed by atoms with E-state index in [1.165, 1.54) is 0 Å². The molecule has 0 amide bonds. The maximum Gasteiger partial charge on any atom is 0.354 e. The first-order chi connectivity index (χ1) is 9.81. The monoisotopic (exact) mass is 427 g/mol. The molecular weight excluding hydrogens is 420 g/mol. The molecule has 1 N–H and O–H groups in total. The maximum absolute atomic E-state index is 13.7. The summed E-state index contributed by atoms with van der Waals surface area (Å²) in [6, 6.07) is 0.936. The predicted molar refractivity (Wildman–Crippen MR) is 77.5 cm³/mol. The van der Waals surface area contributed by atoms with Gasteiger partial charge in [0, 0.05) is 0 Å². The molecule has 0 bridgehead atoms. The molecular formula is C12H9Br2F2NO4. The molecule has 1 rings (SSSR count). The predicted octanol–water partition coefficient (Wildman–Crippen LogP) is 3.13. The quantitative estimate of drug-likeness (QED) is 0.345. The molecule has 1 aromatic carbocycles. The Morgan fingerprint density at radius 3 is 2.33 bits per heavy atom. The first-order valence-corrected chi connectivity index (χ1v) is 6.88. The molecule has 0 unspecified atom stereocenters. The van der Waals surface area contributed by atoms with Crippen LogP contribution in [0.5, 0.6) is 0 Å². The summed E-state index contributed by atoms with van der Waals surface area (Å²) in [5.41, 5.74) is -0.445. The van der Waals surface area contributed by atoms with Crippen LogP contribution in [0.1, 0.15) is 0 Å². The number of hydrogen-bond acceptors (Lipinski definition) is 5. The van der Waals surface area contributed by atoms with Crippen molar-refractivity contribution in [1.82, 2.24) is 0 Å². The molecule has 0 aliphatic rings. The van der Waals surface area contributed by atoms with Crippen molar-refractivity contribution in [3.63, 3.8) is 0 Å². The van der Waals surface area contributed by atoms with E-state index in [-0.39, 0.29) is 20.3 Å². The van der Waals surface area contributed by atoms with Gasteiger partial charge in [0.05, 0.1) is 34.9 Å². The third kappa shape index (κ3) is 4.24. The number of rotatable bonds is 4. The molecule has 114 valence electrons. The van der Waals surface area contributed by atoms with Gasteiger partial charge in [-0.05, 0) is 37.9 Å². The van der Waals surface area contributed by atoms with Crippen molar-refractivity contribution in [2.45, 2.75) is 0 Å².